The summed E-state index contributed by atoms with van der Waals surface area (Å²) in [5.74, 6) is 0.663. The summed E-state index contributed by atoms with van der Waals surface area (Å²) < 4.78 is 7.18. The molecule has 0 saturated heterocycles. The number of thiophene rings is 1. The van der Waals surface area contributed by atoms with Crippen molar-refractivity contribution < 1.29 is 9.53 Å². The largest absolute Gasteiger partial charge is 0.492 e. The summed E-state index contributed by atoms with van der Waals surface area (Å²) in [6, 6.07) is 16.4. The van der Waals surface area contributed by atoms with E-state index in [1.54, 1.807) is 28.8 Å². The summed E-state index contributed by atoms with van der Waals surface area (Å²) >= 11 is 8.60. The van der Waals surface area contributed by atoms with Crippen LogP contribution in [0.2, 0.25) is 5.02 Å². The molecule has 0 saturated carbocycles. The first-order chi connectivity index (χ1) is 15.9. The van der Waals surface area contributed by atoms with Gasteiger partial charge in [-0.25, -0.2) is 4.98 Å². The third kappa shape index (κ3) is 5.40. The van der Waals surface area contributed by atoms with E-state index in [1.165, 1.54) is 23.1 Å². The van der Waals surface area contributed by atoms with Gasteiger partial charge in [-0.3, -0.25) is 14.2 Å². The second kappa shape index (κ2) is 10.4. The van der Waals surface area contributed by atoms with Gasteiger partial charge in [0.15, 0.2) is 5.16 Å². The van der Waals surface area contributed by atoms with Gasteiger partial charge in [0.25, 0.3) is 5.56 Å². The second-order valence-corrected chi connectivity index (χ2v) is 9.86. The summed E-state index contributed by atoms with van der Waals surface area (Å²) in [4.78, 5) is 32.3. The smallest absolute Gasteiger partial charge is 0.267 e. The predicted molar refractivity (Wildman–Crippen MR) is 135 cm³/mol. The second-order valence-electron chi connectivity index (χ2n) is 7.27. The molecule has 4 aromatic rings. The van der Waals surface area contributed by atoms with E-state index in [9.17, 15) is 9.59 Å². The minimum Gasteiger partial charge on any atom is -0.492 e. The Morgan fingerprint density at radius 1 is 1.15 bits per heavy atom. The molecular formula is C24H22ClN3O3S2. The SMILES string of the molecule is Cc1sc2nc(SCC(=O)NCCOc3ccc(Cl)cc3)n(-c3ccccc3)c(=O)c2c1C. The van der Waals surface area contributed by atoms with Crippen molar-refractivity contribution in [1.82, 2.24) is 14.9 Å². The molecule has 0 spiro atoms. The molecule has 0 aliphatic heterocycles. The van der Waals surface area contributed by atoms with Crippen LogP contribution in [-0.4, -0.2) is 34.4 Å². The first kappa shape index (κ1) is 23.4. The zero-order chi connectivity index (χ0) is 23.4. The van der Waals surface area contributed by atoms with Gasteiger partial charge >= 0.3 is 0 Å². The van der Waals surface area contributed by atoms with Crippen LogP contribution in [0, 0.1) is 13.8 Å². The van der Waals surface area contributed by atoms with Crippen LogP contribution in [0.25, 0.3) is 15.9 Å². The Morgan fingerprint density at radius 3 is 2.61 bits per heavy atom. The Labute approximate surface area is 204 Å². The molecule has 0 fully saturated rings. The lowest BCUT2D eigenvalue weighted by molar-refractivity contribution is -0.118. The van der Waals surface area contributed by atoms with Crippen LogP contribution < -0.4 is 15.6 Å². The zero-order valence-electron chi connectivity index (χ0n) is 18.1. The van der Waals surface area contributed by atoms with Crippen LogP contribution in [0.15, 0.2) is 64.5 Å². The topological polar surface area (TPSA) is 73.2 Å². The maximum Gasteiger partial charge on any atom is 0.267 e. The van der Waals surface area contributed by atoms with Crippen molar-refractivity contribution in [2.75, 3.05) is 18.9 Å². The number of rotatable bonds is 8. The zero-order valence-corrected chi connectivity index (χ0v) is 20.5. The molecule has 0 atom stereocenters. The van der Waals surface area contributed by atoms with E-state index in [-0.39, 0.29) is 17.2 Å². The number of carbonyl (C=O) groups excluding carboxylic acids is 1. The molecule has 1 N–H and O–H groups in total. The molecular weight excluding hydrogens is 478 g/mol. The monoisotopic (exact) mass is 499 g/mol. The number of aryl methyl sites for hydroxylation is 2. The molecule has 2 aromatic heterocycles. The Morgan fingerprint density at radius 2 is 1.88 bits per heavy atom. The maximum absolute atomic E-state index is 13.4. The highest BCUT2D eigenvalue weighted by Gasteiger charge is 2.18. The quantitative estimate of drug-likeness (QED) is 0.210. The fourth-order valence-corrected chi connectivity index (χ4v) is 5.29. The van der Waals surface area contributed by atoms with E-state index in [4.69, 9.17) is 21.3 Å². The van der Waals surface area contributed by atoms with Gasteiger partial charge < -0.3 is 10.1 Å². The molecule has 0 bridgehead atoms. The van der Waals surface area contributed by atoms with Crippen molar-refractivity contribution in [2.45, 2.75) is 19.0 Å². The molecule has 0 radical (unpaired) electrons. The lowest BCUT2D eigenvalue weighted by atomic mass is 10.2. The van der Waals surface area contributed by atoms with Crippen molar-refractivity contribution in [3.63, 3.8) is 0 Å². The van der Waals surface area contributed by atoms with Crippen LogP contribution in [0.3, 0.4) is 0 Å². The fourth-order valence-electron chi connectivity index (χ4n) is 3.25. The van der Waals surface area contributed by atoms with Gasteiger partial charge in [0.05, 0.1) is 23.4 Å². The molecule has 0 unspecified atom stereocenters. The van der Waals surface area contributed by atoms with E-state index in [2.05, 4.69) is 5.32 Å². The number of fused-ring (bicyclic) bond motifs is 1. The standard InChI is InChI=1S/C24H22ClN3O3S2/c1-15-16(2)33-22-21(15)23(30)28(18-6-4-3-5-7-18)24(27-22)32-14-20(29)26-12-13-31-19-10-8-17(25)9-11-19/h3-11H,12-14H2,1-2H3,(H,26,29). The molecule has 33 heavy (non-hydrogen) atoms. The van der Waals surface area contributed by atoms with Crippen LogP contribution in [0.4, 0.5) is 0 Å². The lowest BCUT2D eigenvalue weighted by Gasteiger charge is -2.12. The fraction of sp³-hybridized carbons (Fsp3) is 0.208. The van der Waals surface area contributed by atoms with E-state index >= 15 is 0 Å². The Kier molecular flexibility index (Phi) is 7.37. The number of carbonyl (C=O) groups is 1. The Balaban J connectivity index is 1.46. The summed E-state index contributed by atoms with van der Waals surface area (Å²) in [6.07, 6.45) is 0. The van der Waals surface area contributed by atoms with Crippen LogP contribution >= 0.6 is 34.7 Å². The summed E-state index contributed by atoms with van der Waals surface area (Å²) in [7, 11) is 0. The number of aromatic nitrogens is 2. The highest BCUT2D eigenvalue weighted by atomic mass is 35.5. The van der Waals surface area contributed by atoms with E-state index < -0.39 is 0 Å². The number of halogens is 1. The first-order valence-corrected chi connectivity index (χ1v) is 12.5. The molecule has 2 aromatic carbocycles. The summed E-state index contributed by atoms with van der Waals surface area (Å²) in [5.41, 5.74) is 1.55. The number of nitrogens with zero attached hydrogens (tertiary/aromatic N) is 2. The normalized spacial score (nSPS) is 11.0. The number of thioether (sulfide) groups is 1. The molecule has 0 aliphatic carbocycles. The van der Waals surface area contributed by atoms with Crippen molar-refractivity contribution in [1.29, 1.82) is 0 Å². The van der Waals surface area contributed by atoms with Gasteiger partial charge in [-0.05, 0) is 55.8 Å². The Hall–Kier alpha value is -2.81. The first-order valence-electron chi connectivity index (χ1n) is 10.3. The van der Waals surface area contributed by atoms with E-state index in [0.717, 1.165) is 16.1 Å². The third-order valence-corrected chi connectivity index (χ3v) is 7.32. The molecule has 6 nitrogen and oxygen atoms in total. The number of hydrogen-bond donors (Lipinski definition) is 1. The number of nitrogens with one attached hydrogen (secondary N) is 1. The van der Waals surface area contributed by atoms with Crippen LogP contribution in [-0.2, 0) is 4.79 Å². The number of ether oxygens (including phenoxy) is 1. The van der Waals surface area contributed by atoms with Crippen LogP contribution in [0.1, 0.15) is 10.4 Å². The van der Waals surface area contributed by atoms with Gasteiger partial charge in [0.1, 0.15) is 17.2 Å². The molecule has 2 heterocycles. The van der Waals surface area contributed by atoms with Gasteiger partial charge in [-0.2, -0.15) is 0 Å². The van der Waals surface area contributed by atoms with E-state index in [0.29, 0.717) is 39.3 Å². The van der Waals surface area contributed by atoms with Crippen LogP contribution in [0.5, 0.6) is 5.75 Å². The molecule has 4 rings (SSSR count). The molecule has 170 valence electrons. The van der Waals surface area contributed by atoms with Gasteiger partial charge in [-0.1, -0.05) is 41.6 Å². The molecule has 9 heteroatoms. The summed E-state index contributed by atoms with van der Waals surface area (Å²) in [5, 5.41) is 4.60. The highest BCUT2D eigenvalue weighted by Crippen LogP contribution is 2.29. The number of amides is 1. The average Bonchev–Trinajstić information content (AvgIpc) is 3.10. The van der Waals surface area contributed by atoms with Crippen molar-refractivity contribution in [3.8, 4) is 11.4 Å². The number of para-hydroxylation sites is 1. The number of benzene rings is 2. The van der Waals surface area contributed by atoms with Crippen molar-refractivity contribution >= 4 is 50.8 Å². The van der Waals surface area contributed by atoms with E-state index in [1.807, 2.05) is 44.2 Å². The van der Waals surface area contributed by atoms with Gasteiger partial charge in [-0.15, -0.1) is 11.3 Å². The molecule has 0 aliphatic rings. The Bertz CT molecular complexity index is 1340. The maximum atomic E-state index is 13.4. The van der Waals surface area contributed by atoms with Gasteiger partial charge in [0, 0.05) is 9.90 Å². The average molecular weight is 500 g/mol. The van der Waals surface area contributed by atoms with Crippen molar-refractivity contribution in [2.24, 2.45) is 0 Å². The molecule has 1 amide bonds. The minimum absolute atomic E-state index is 0.118. The minimum atomic E-state index is -0.160. The number of hydrogen-bond acceptors (Lipinski definition) is 6. The lowest BCUT2D eigenvalue weighted by Crippen LogP contribution is -2.30. The summed E-state index contributed by atoms with van der Waals surface area (Å²) in [6.45, 7) is 4.63. The van der Waals surface area contributed by atoms with Gasteiger partial charge in [0.2, 0.25) is 5.91 Å². The van der Waals surface area contributed by atoms with Crippen molar-refractivity contribution in [3.05, 3.63) is 80.4 Å². The third-order valence-electron chi connectivity index (χ3n) is 5.03. The predicted octanol–water partition coefficient (Wildman–Crippen LogP) is 5.00. The highest BCUT2D eigenvalue weighted by molar-refractivity contribution is 7.99.